The molecular formula is C10H17N3O2. The Hall–Kier alpha value is -1.36. The van der Waals surface area contributed by atoms with Gasteiger partial charge in [0, 0.05) is 6.61 Å². The summed E-state index contributed by atoms with van der Waals surface area (Å²) < 4.78 is 10.7. The minimum Gasteiger partial charge on any atom is -0.475 e. The van der Waals surface area contributed by atoms with Gasteiger partial charge in [0.05, 0.1) is 12.2 Å². The van der Waals surface area contributed by atoms with Crippen LogP contribution >= 0.6 is 0 Å². The van der Waals surface area contributed by atoms with Crippen molar-refractivity contribution in [1.29, 1.82) is 0 Å². The maximum absolute atomic E-state index is 5.61. The standard InChI is InChI=1S/C10H17N3O2/c1-3-4-14-5-6-15-10-8(2)9(11)12-7-13-10/h7H,3-6H2,1-2H3,(H2,11,12,13). The van der Waals surface area contributed by atoms with E-state index in [-0.39, 0.29) is 0 Å². The van der Waals surface area contributed by atoms with E-state index in [1.54, 1.807) is 0 Å². The van der Waals surface area contributed by atoms with Crippen molar-refractivity contribution in [2.24, 2.45) is 0 Å². The molecule has 0 radical (unpaired) electrons. The van der Waals surface area contributed by atoms with Crippen molar-refractivity contribution in [3.05, 3.63) is 11.9 Å². The fraction of sp³-hybridized carbons (Fsp3) is 0.600. The van der Waals surface area contributed by atoms with E-state index < -0.39 is 0 Å². The first-order chi connectivity index (χ1) is 7.25. The van der Waals surface area contributed by atoms with E-state index in [0.29, 0.717) is 24.9 Å². The maximum Gasteiger partial charge on any atom is 0.221 e. The largest absolute Gasteiger partial charge is 0.475 e. The fourth-order valence-corrected chi connectivity index (χ4v) is 1.04. The topological polar surface area (TPSA) is 70.3 Å². The number of hydrogen-bond donors (Lipinski definition) is 1. The fourth-order valence-electron chi connectivity index (χ4n) is 1.04. The van der Waals surface area contributed by atoms with Gasteiger partial charge in [-0.15, -0.1) is 0 Å². The Morgan fingerprint density at radius 2 is 2.07 bits per heavy atom. The highest BCUT2D eigenvalue weighted by Crippen LogP contribution is 2.16. The predicted octanol–water partition coefficient (Wildman–Crippen LogP) is 1.17. The van der Waals surface area contributed by atoms with Gasteiger partial charge >= 0.3 is 0 Å². The van der Waals surface area contributed by atoms with Crippen molar-refractivity contribution in [1.82, 2.24) is 9.97 Å². The third-order valence-electron chi connectivity index (χ3n) is 1.89. The molecule has 15 heavy (non-hydrogen) atoms. The van der Waals surface area contributed by atoms with Crippen LogP contribution in [0.5, 0.6) is 5.88 Å². The molecule has 0 spiro atoms. The quantitative estimate of drug-likeness (QED) is 0.715. The summed E-state index contributed by atoms with van der Waals surface area (Å²) in [5.41, 5.74) is 6.38. The molecule has 84 valence electrons. The molecule has 1 aromatic rings. The number of hydrogen-bond acceptors (Lipinski definition) is 5. The summed E-state index contributed by atoms with van der Waals surface area (Å²) in [4.78, 5) is 7.84. The molecule has 0 aromatic carbocycles. The molecule has 0 bridgehead atoms. The summed E-state index contributed by atoms with van der Waals surface area (Å²) in [5, 5.41) is 0. The first-order valence-corrected chi connectivity index (χ1v) is 5.03. The Morgan fingerprint density at radius 3 is 2.80 bits per heavy atom. The predicted molar refractivity (Wildman–Crippen MR) is 57.8 cm³/mol. The van der Waals surface area contributed by atoms with Crippen molar-refractivity contribution in [2.75, 3.05) is 25.6 Å². The lowest BCUT2D eigenvalue weighted by Crippen LogP contribution is -2.09. The molecule has 5 heteroatoms. The molecule has 0 aliphatic heterocycles. The molecule has 0 atom stereocenters. The van der Waals surface area contributed by atoms with Gasteiger partial charge in [-0.25, -0.2) is 9.97 Å². The Labute approximate surface area is 89.6 Å². The monoisotopic (exact) mass is 211 g/mol. The number of ether oxygens (including phenoxy) is 2. The molecule has 0 saturated carbocycles. The zero-order valence-corrected chi connectivity index (χ0v) is 9.19. The highest BCUT2D eigenvalue weighted by atomic mass is 16.5. The van der Waals surface area contributed by atoms with Gasteiger partial charge < -0.3 is 15.2 Å². The first kappa shape index (κ1) is 11.7. The van der Waals surface area contributed by atoms with Crippen LogP contribution in [0.1, 0.15) is 18.9 Å². The maximum atomic E-state index is 5.61. The van der Waals surface area contributed by atoms with Crippen LogP contribution in [-0.2, 0) is 4.74 Å². The molecule has 0 fully saturated rings. The molecule has 1 heterocycles. The lowest BCUT2D eigenvalue weighted by molar-refractivity contribution is 0.0987. The summed E-state index contributed by atoms with van der Waals surface area (Å²) in [7, 11) is 0. The molecule has 1 rings (SSSR count). The first-order valence-electron chi connectivity index (χ1n) is 5.03. The zero-order valence-electron chi connectivity index (χ0n) is 9.19. The SMILES string of the molecule is CCCOCCOc1ncnc(N)c1C. The summed E-state index contributed by atoms with van der Waals surface area (Å²) in [5.74, 6) is 0.983. The molecule has 0 saturated heterocycles. The van der Waals surface area contributed by atoms with Crippen molar-refractivity contribution in [3.63, 3.8) is 0 Å². The van der Waals surface area contributed by atoms with Gasteiger partial charge in [-0.3, -0.25) is 0 Å². The van der Waals surface area contributed by atoms with Crippen LogP contribution < -0.4 is 10.5 Å². The van der Waals surface area contributed by atoms with Gasteiger partial charge in [-0.2, -0.15) is 0 Å². The van der Waals surface area contributed by atoms with E-state index in [1.807, 2.05) is 6.92 Å². The van der Waals surface area contributed by atoms with Gasteiger partial charge in [0.2, 0.25) is 5.88 Å². The lowest BCUT2D eigenvalue weighted by atomic mass is 10.3. The zero-order chi connectivity index (χ0) is 11.1. The summed E-state index contributed by atoms with van der Waals surface area (Å²) in [6.07, 6.45) is 2.41. The molecule has 2 N–H and O–H groups in total. The molecule has 5 nitrogen and oxygen atoms in total. The van der Waals surface area contributed by atoms with Crippen LogP contribution in [0.2, 0.25) is 0 Å². The second kappa shape index (κ2) is 6.19. The number of aromatic nitrogens is 2. The Morgan fingerprint density at radius 1 is 1.27 bits per heavy atom. The normalized spacial score (nSPS) is 10.3. The van der Waals surface area contributed by atoms with Crippen LogP contribution in [0.25, 0.3) is 0 Å². The van der Waals surface area contributed by atoms with Crippen molar-refractivity contribution in [3.8, 4) is 5.88 Å². The number of nitrogens with zero attached hydrogens (tertiary/aromatic N) is 2. The molecule has 0 aliphatic rings. The van der Waals surface area contributed by atoms with Gasteiger partial charge in [-0.05, 0) is 13.3 Å². The smallest absolute Gasteiger partial charge is 0.221 e. The van der Waals surface area contributed by atoms with Crippen LogP contribution in [0, 0.1) is 6.92 Å². The van der Waals surface area contributed by atoms with Crippen LogP contribution in [-0.4, -0.2) is 29.8 Å². The van der Waals surface area contributed by atoms with E-state index >= 15 is 0 Å². The minimum atomic E-state index is 0.453. The third kappa shape index (κ3) is 3.71. The number of nitrogens with two attached hydrogens (primary N) is 1. The van der Waals surface area contributed by atoms with E-state index in [4.69, 9.17) is 15.2 Å². The van der Waals surface area contributed by atoms with E-state index in [0.717, 1.165) is 18.6 Å². The summed E-state index contributed by atoms with van der Waals surface area (Å²) in [6, 6.07) is 0. The lowest BCUT2D eigenvalue weighted by Gasteiger charge is -2.08. The highest BCUT2D eigenvalue weighted by Gasteiger charge is 2.04. The molecule has 0 aliphatic carbocycles. The average Bonchev–Trinajstić information content (AvgIpc) is 2.24. The number of nitrogen functional groups attached to an aromatic ring is 1. The highest BCUT2D eigenvalue weighted by molar-refractivity contribution is 5.42. The number of anilines is 1. The van der Waals surface area contributed by atoms with Gasteiger partial charge in [0.15, 0.2) is 0 Å². The second-order valence-corrected chi connectivity index (χ2v) is 3.15. The van der Waals surface area contributed by atoms with E-state index in [1.165, 1.54) is 6.33 Å². The molecule has 1 aromatic heterocycles. The average molecular weight is 211 g/mol. The second-order valence-electron chi connectivity index (χ2n) is 3.15. The molecule has 0 amide bonds. The van der Waals surface area contributed by atoms with Crippen molar-refractivity contribution < 1.29 is 9.47 Å². The number of rotatable bonds is 6. The van der Waals surface area contributed by atoms with Crippen molar-refractivity contribution >= 4 is 5.82 Å². The third-order valence-corrected chi connectivity index (χ3v) is 1.89. The van der Waals surface area contributed by atoms with Crippen LogP contribution in [0.15, 0.2) is 6.33 Å². The van der Waals surface area contributed by atoms with Gasteiger partial charge in [0.1, 0.15) is 18.8 Å². The van der Waals surface area contributed by atoms with Gasteiger partial charge in [-0.1, -0.05) is 6.92 Å². The summed E-state index contributed by atoms with van der Waals surface area (Å²) >= 11 is 0. The molecule has 0 unspecified atom stereocenters. The van der Waals surface area contributed by atoms with E-state index in [9.17, 15) is 0 Å². The van der Waals surface area contributed by atoms with Crippen LogP contribution in [0.3, 0.4) is 0 Å². The summed E-state index contributed by atoms with van der Waals surface area (Å²) in [6.45, 7) is 5.70. The van der Waals surface area contributed by atoms with Crippen LogP contribution in [0.4, 0.5) is 5.82 Å². The Bertz CT molecular complexity index is 305. The minimum absolute atomic E-state index is 0.453. The Balaban J connectivity index is 2.34. The van der Waals surface area contributed by atoms with E-state index in [2.05, 4.69) is 16.9 Å². The van der Waals surface area contributed by atoms with Crippen molar-refractivity contribution in [2.45, 2.75) is 20.3 Å². The molecular weight excluding hydrogens is 194 g/mol. The Kier molecular flexibility index (Phi) is 4.83. The van der Waals surface area contributed by atoms with Gasteiger partial charge in [0.25, 0.3) is 0 Å².